The summed E-state index contributed by atoms with van der Waals surface area (Å²) in [5.74, 6) is -4.62. The molecule has 192 valence electrons. The van der Waals surface area contributed by atoms with E-state index in [0.29, 0.717) is 0 Å². The molecule has 0 spiro atoms. The van der Waals surface area contributed by atoms with Gasteiger partial charge in [-0.05, 0) is 90.1 Å². The minimum Gasteiger partial charge on any atom is -0.491 e. The van der Waals surface area contributed by atoms with Gasteiger partial charge in [0.15, 0.2) is 0 Å². The second-order valence-corrected chi connectivity index (χ2v) is 8.06. The Labute approximate surface area is 203 Å². The van der Waals surface area contributed by atoms with Gasteiger partial charge in [0.25, 0.3) is 0 Å². The lowest BCUT2D eigenvalue weighted by Gasteiger charge is -2.14. The van der Waals surface area contributed by atoms with E-state index in [-0.39, 0.29) is 0 Å². The summed E-state index contributed by atoms with van der Waals surface area (Å²) >= 11 is 7.17. The summed E-state index contributed by atoms with van der Waals surface area (Å²) in [4.78, 5) is 20.0. The molecule has 0 radical (unpaired) electrons. The van der Waals surface area contributed by atoms with Gasteiger partial charge < -0.3 is 25.2 Å². The summed E-state index contributed by atoms with van der Waals surface area (Å²) in [5.41, 5.74) is 1.29. The van der Waals surface area contributed by atoms with E-state index >= 15 is 0 Å². The number of carboxylic acids is 2. The van der Waals surface area contributed by atoms with Crippen molar-refractivity contribution in [2.24, 2.45) is 0 Å². The van der Waals surface area contributed by atoms with Crippen LogP contribution in [-0.2, 0) is 16.0 Å². The highest BCUT2D eigenvalue weighted by Gasteiger charge is 2.38. The van der Waals surface area contributed by atoms with Gasteiger partial charge in [-0.1, -0.05) is 0 Å². The predicted octanol–water partition coefficient (Wildman–Crippen LogP) is 4.57. The van der Waals surface area contributed by atoms with Crippen molar-refractivity contribution in [2.75, 3.05) is 40.8 Å². The van der Waals surface area contributed by atoms with Crippen molar-refractivity contribution in [3.8, 4) is 5.75 Å². The molecule has 0 amide bonds. The summed E-state index contributed by atoms with van der Waals surface area (Å²) in [6.45, 7) is 2.74. The third-order valence-electron chi connectivity index (χ3n) is 3.20. The van der Waals surface area contributed by atoms with E-state index < -0.39 is 24.3 Å². The number of ether oxygens (including phenoxy) is 1. The zero-order chi connectivity index (χ0) is 26.4. The summed E-state index contributed by atoms with van der Waals surface area (Å²) in [5, 5.41) is 17.4. The van der Waals surface area contributed by atoms with Crippen LogP contribution in [0.25, 0.3) is 0 Å². The molecule has 7 nitrogen and oxygen atoms in total. The van der Waals surface area contributed by atoms with Crippen molar-refractivity contribution in [1.29, 1.82) is 0 Å². The van der Waals surface area contributed by atoms with Crippen LogP contribution in [-0.4, -0.2) is 80.2 Å². The number of likely N-dealkylation sites (N-methyl/N-ethyl adjacent to an activating group) is 1. The van der Waals surface area contributed by atoms with Crippen molar-refractivity contribution >= 4 is 43.8 Å². The van der Waals surface area contributed by atoms with Crippen molar-refractivity contribution in [3.05, 3.63) is 26.6 Å². The van der Waals surface area contributed by atoms with Crippen LogP contribution in [0.15, 0.2) is 21.1 Å². The Morgan fingerprint density at radius 2 is 1.39 bits per heavy atom. The van der Waals surface area contributed by atoms with Crippen molar-refractivity contribution in [1.82, 2.24) is 10.2 Å². The number of carbonyl (C=O) groups is 2. The van der Waals surface area contributed by atoms with Crippen LogP contribution in [0.4, 0.5) is 26.3 Å². The monoisotopic (exact) mass is 620 g/mol. The minimum absolute atomic E-state index is 0.727. The Bertz CT molecular complexity index is 699. The quantitative estimate of drug-likeness (QED) is 0.289. The van der Waals surface area contributed by atoms with E-state index in [4.69, 9.17) is 24.5 Å². The summed E-state index contributed by atoms with van der Waals surface area (Å²) < 4.78 is 71.3. The molecule has 1 rings (SSSR count). The average Bonchev–Trinajstić information content (AvgIpc) is 2.64. The van der Waals surface area contributed by atoms with Crippen LogP contribution in [0.1, 0.15) is 12.0 Å². The molecule has 1 aromatic rings. The number of hydrogen-bond acceptors (Lipinski definition) is 5. The topological polar surface area (TPSA) is 99.1 Å². The molecule has 0 aromatic heterocycles. The fourth-order valence-electron chi connectivity index (χ4n) is 1.72. The van der Waals surface area contributed by atoms with Crippen LogP contribution in [0, 0.1) is 0 Å². The molecule has 3 N–H and O–H groups in total. The Morgan fingerprint density at radius 3 is 1.70 bits per heavy atom. The molecule has 0 saturated carbocycles. The van der Waals surface area contributed by atoms with Gasteiger partial charge in [0.2, 0.25) is 0 Å². The number of aliphatic carboxylic acids is 2. The van der Waals surface area contributed by atoms with Gasteiger partial charge in [0.05, 0.1) is 15.6 Å². The van der Waals surface area contributed by atoms with E-state index in [1.54, 1.807) is 0 Å². The second-order valence-electron chi connectivity index (χ2n) is 6.35. The molecule has 15 heteroatoms. The molecule has 0 fully saturated rings. The van der Waals surface area contributed by atoms with Gasteiger partial charge in [-0.25, -0.2) is 9.59 Å². The third kappa shape index (κ3) is 17.5. The van der Waals surface area contributed by atoms with Gasteiger partial charge in [0.1, 0.15) is 5.75 Å². The minimum atomic E-state index is -5.08. The molecule has 1 aromatic carbocycles. The zero-order valence-corrected chi connectivity index (χ0v) is 21.0. The molecular formula is C18H24Br2F6N2O5. The number of carboxylic acid groups (broad SMARTS) is 2. The molecule has 0 saturated heterocycles. The summed E-state index contributed by atoms with van der Waals surface area (Å²) in [6, 6.07) is 4.26. The maximum absolute atomic E-state index is 10.6. The smallest absolute Gasteiger partial charge is 0.490 e. The Kier molecular flexibility index (Phi) is 16.4. The van der Waals surface area contributed by atoms with E-state index in [1.165, 1.54) is 5.56 Å². The highest BCUT2D eigenvalue weighted by Crippen LogP contribution is 2.35. The lowest BCUT2D eigenvalue weighted by molar-refractivity contribution is -0.193. The second kappa shape index (κ2) is 16.1. The SMILES string of the molecule is CNCCc1cc(Br)c(OCCCN(C)C)c(Br)c1.O=C(O)C(F)(F)F.O=C(O)C(F)(F)F. The first kappa shape index (κ1) is 33.6. The van der Waals surface area contributed by atoms with Crippen LogP contribution < -0.4 is 10.1 Å². The highest BCUT2D eigenvalue weighted by atomic mass is 79.9. The lowest BCUT2D eigenvalue weighted by Crippen LogP contribution is -2.21. The molecule has 0 heterocycles. The molecule has 0 bridgehead atoms. The maximum atomic E-state index is 10.6. The molecule has 33 heavy (non-hydrogen) atoms. The molecule has 0 aliphatic rings. The fourth-order valence-corrected chi connectivity index (χ4v) is 3.23. The van der Waals surface area contributed by atoms with Crippen molar-refractivity contribution in [3.63, 3.8) is 0 Å². The van der Waals surface area contributed by atoms with Gasteiger partial charge in [-0.15, -0.1) is 0 Å². The molecular weight excluding hydrogens is 598 g/mol. The third-order valence-corrected chi connectivity index (χ3v) is 4.38. The lowest BCUT2D eigenvalue weighted by atomic mass is 10.1. The van der Waals surface area contributed by atoms with Crippen LogP contribution in [0.3, 0.4) is 0 Å². The van der Waals surface area contributed by atoms with Crippen molar-refractivity contribution < 1.29 is 50.9 Å². The van der Waals surface area contributed by atoms with Gasteiger partial charge in [-0.3, -0.25) is 0 Å². The normalized spacial score (nSPS) is 11.2. The van der Waals surface area contributed by atoms with Crippen LogP contribution in [0.2, 0.25) is 0 Å². The Hall–Kier alpha value is -1.58. The standard InChI is InChI=1S/C14H22Br2N2O.2C2HF3O2/c1-17-6-5-11-9-12(15)14(13(16)10-11)19-8-4-7-18(2)3;2*3-2(4,5)1(6)7/h9-10,17H,4-8H2,1-3H3;2*(H,6,7). The molecule has 0 unspecified atom stereocenters. The first-order chi connectivity index (χ1) is 14.9. The van der Waals surface area contributed by atoms with Crippen molar-refractivity contribution in [2.45, 2.75) is 25.2 Å². The number of halogens is 8. The van der Waals surface area contributed by atoms with E-state index in [1.807, 2.05) is 7.05 Å². The predicted molar refractivity (Wildman–Crippen MR) is 116 cm³/mol. The number of hydrogen-bond donors (Lipinski definition) is 3. The van der Waals surface area contributed by atoms with Crippen LogP contribution in [0.5, 0.6) is 5.75 Å². The fraction of sp³-hybridized carbons (Fsp3) is 0.556. The number of nitrogens with zero attached hydrogens (tertiary/aromatic N) is 1. The number of alkyl halides is 6. The number of benzene rings is 1. The zero-order valence-electron chi connectivity index (χ0n) is 17.8. The van der Waals surface area contributed by atoms with E-state index in [2.05, 4.69) is 68.3 Å². The largest absolute Gasteiger partial charge is 0.491 e. The Morgan fingerprint density at radius 1 is 1.00 bits per heavy atom. The molecule has 0 atom stereocenters. The average molecular weight is 622 g/mol. The highest BCUT2D eigenvalue weighted by molar-refractivity contribution is 9.11. The Balaban J connectivity index is 0. The number of nitrogens with one attached hydrogen (secondary N) is 1. The first-order valence-electron chi connectivity index (χ1n) is 8.93. The number of rotatable bonds is 8. The summed E-state index contributed by atoms with van der Waals surface area (Å²) in [6.07, 6.45) is -8.14. The van der Waals surface area contributed by atoms with Gasteiger partial charge >= 0.3 is 24.3 Å². The summed E-state index contributed by atoms with van der Waals surface area (Å²) in [7, 11) is 6.11. The van der Waals surface area contributed by atoms with Gasteiger partial charge in [-0.2, -0.15) is 26.3 Å². The molecule has 0 aliphatic heterocycles. The maximum Gasteiger partial charge on any atom is 0.490 e. The van der Waals surface area contributed by atoms with E-state index in [9.17, 15) is 26.3 Å². The van der Waals surface area contributed by atoms with E-state index in [0.717, 1.165) is 47.2 Å². The first-order valence-corrected chi connectivity index (χ1v) is 10.5. The van der Waals surface area contributed by atoms with Crippen LogP contribution >= 0.6 is 31.9 Å². The van der Waals surface area contributed by atoms with Gasteiger partial charge in [0, 0.05) is 6.54 Å². The molecule has 0 aliphatic carbocycles.